The van der Waals surface area contributed by atoms with Gasteiger partial charge >= 0.3 is 5.88 Å². The summed E-state index contributed by atoms with van der Waals surface area (Å²) in [6.07, 6.45) is 6.61. The Bertz CT molecular complexity index is 620. The first-order chi connectivity index (χ1) is 10.7. The lowest BCUT2D eigenvalue weighted by molar-refractivity contribution is -0.402. The summed E-state index contributed by atoms with van der Waals surface area (Å²) in [5, 5.41) is 15.1. The van der Waals surface area contributed by atoms with Gasteiger partial charge in [0.25, 0.3) is 0 Å². The number of furan rings is 1. The van der Waals surface area contributed by atoms with Crippen molar-refractivity contribution in [1.82, 2.24) is 4.90 Å². The number of fused-ring (bicyclic) bond motifs is 1. The van der Waals surface area contributed by atoms with Crippen molar-refractivity contribution in [3.05, 3.63) is 28.0 Å². The van der Waals surface area contributed by atoms with Crippen molar-refractivity contribution < 1.29 is 14.2 Å². The van der Waals surface area contributed by atoms with Crippen molar-refractivity contribution in [1.29, 1.82) is 0 Å². The van der Waals surface area contributed by atoms with Crippen LogP contribution < -0.4 is 0 Å². The van der Waals surface area contributed by atoms with Crippen LogP contribution in [0.5, 0.6) is 0 Å². The summed E-state index contributed by atoms with van der Waals surface area (Å²) in [5.41, 5.74) is 0.380. The van der Waals surface area contributed by atoms with Crippen molar-refractivity contribution >= 4 is 11.6 Å². The predicted octanol–water partition coefficient (Wildman–Crippen LogP) is 2.90. The second-order valence-electron chi connectivity index (χ2n) is 6.30. The molecule has 7 nitrogen and oxygen atoms in total. The number of rotatable bonds is 3. The first-order valence-corrected chi connectivity index (χ1v) is 7.96. The van der Waals surface area contributed by atoms with Crippen LogP contribution in [0.4, 0.5) is 5.88 Å². The van der Waals surface area contributed by atoms with Crippen LogP contribution >= 0.6 is 0 Å². The van der Waals surface area contributed by atoms with Gasteiger partial charge in [-0.05, 0) is 31.7 Å². The Balaban J connectivity index is 1.65. The monoisotopic (exact) mass is 305 g/mol. The summed E-state index contributed by atoms with van der Waals surface area (Å²) in [5.74, 6) is 0.372. The van der Waals surface area contributed by atoms with Gasteiger partial charge in [-0.3, -0.25) is 15.0 Å². The molecule has 118 valence electrons. The molecule has 0 aromatic carbocycles. The zero-order valence-corrected chi connectivity index (χ0v) is 12.4. The Morgan fingerprint density at radius 2 is 2.09 bits per heavy atom. The van der Waals surface area contributed by atoms with E-state index in [1.807, 2.05) is 0 Å². The van der Waals surface area contributed by atoms with Crippen LogP contribution in [-0.4, -0.2) is 34.3 Å². The number of oxime groups is 1. The number of likely N-dealkylation sites (tertiary alicyclic amines) is 1. The minimum absolute atomic E-state index is 0.144. The molecule has 2 unspecified atom stereocenters. The molecule has 2 atom stereocenters. The van der Waals surface area contributed by atoms with Crippen molar-refractivity contribution in [2.45, 2.75) is 44.2 Å². The largest absolute Gasteiger partial charge is 0.433 e. The molecule has 1 saturated heterocycles. The Kier molecular flexibility index (Phi) is 3.18. The van der Waals surface area contributed by atoms with Gasteiger partial charge in [-0.2, -0.15) is 0 Å². The van der Waals surface area contributed by atoms with Crippen LogP contribution in [0.1, 0.15) is 44.3 Å². The van der Waals surface area contributed by atoms with Crippen LogP contribution in [0, 0.1) is 16.0 Å². The predicted molar refractivity (Wildman–Crippen MR) is 78.5 cm³/mol. The van der Waals surface area contributed by atoms with Gasteiger partial charge in [-0.15, -0.1) is 0 Å². The van der Waals surface area contributed by atoms with Gasteiger partial charge in [-0.1, -0.05) is 11.6 Å². The lowest BCUT2D eigenvalue weighted by Crippen LogP contribution is -2.54. The van der Waals surface area contributed by atoms with Gasteiger partial charge in [0, 0.05) is 19.5 Å². The molecule has 4 rings (SSSR count). The molecule has 22 heavy (non-hydrogen) atoms. The van der Waals surface area contributed by atoms with Crippen LogP contribution in [0.3, 0.4) is 0 Å². The number of hydrogen-bond donors (Lipinski definition) is 0. The third-order valence-corrected chi connectivity index (χ3v) is 5.12. The van der Waals surface area contributed by atoms with E-state index in [9.17, 15) is 10.1 Å². The molecule has 1 saturated carbocycles. The van der Waals surface area contributed by atoms with Gasteiger partial charge in [0.15, 0.2) is 11.5 Å². The Morgan fingerprint density at radius 1 is 1.27 bits per heavy atom. The molecule has 2 aliphatic heterocycles. The second-order valence-corrected chi connectivity index (χ2v) is 6.30. The number of nitrogens with zero attached hydrogens (tertiary/aromatic N) is 3. The Hall–Kier alpha value is -1.89. The maximum Gasteiger partial charge on any atom is 0.433 e. The first kappa shape index (κ1) is 13.8. The summed E-state index contributed by atoms with van der Waals surface area (Å²) in [6, 6.07) is 3.02. The highest BCUT2D eigenvalue weighted by atomic mass is 16.7. The van der Waals surface area contributed by atoms with E-state index < -0.39 is 4.92 Å². The molecule has 0 N–H and O–H groups in total. The Morgan fingerprint density at radius 3 is 2.82 bits per heavy atom. The third kappa shape index (κ3) is 1.95. The highest BCUT2D eigenvalue weighted by Crippen LogP contribution is 2.47. The molecule has 3 aliphatic rings. The van der Waals surface area contributed by atoms with E-state index in [2.05, 4.69) is 10.1 Å². The molecule has 7 heteroatoms. The summed E-state index contributed by atoms with van der Waals surface area (Å²) in [7, 11) is 0. The molecule has 0 radical (unpaired) electrons. The topological polar surface area (TPSA) is 81.1 Å². The SMILES string of the molecule is O=[N+]([O-])c1ccc(C2=NOC3(N4CCCC4)CCCCC23)o1. The molecule has 3 heterocycles. The van der Waals surface area contributed by atoms with Gasteiger partial charge < -0.3 is 9.25 Å². The van der Waals surface area contributed by atoms with Crippen LogP contribution in [0.25, 0.3) is 0 Å². The van der Waals surface area contributed by atoms with Gasteiger partial charge in [0.05, 0.1) is 12.0 Å². The van der Waals surface area contributed by atoms with Crippen LogP contribution in [-0.2, 0) is 4.84 Å². The molecule has 0 amide bonds. The minimum Gasteiger partial charge on any atom is -0.399 e. The van der Waals surface area contributed by atoms with E-state index in [0.29, 0.717) is 5.76 Å². The van der Waals surface area contributed by atoms with Crippen LogP contribution in [0.2, 0.25) is 0 Å². The highest BCUT2D eigenvalue weighted by molar-refractivity contribution is 6.01. The van der Waals surface area contributed by atoms with Crippen LogP contribution in [0.15, 0.2) is 21.7 Å². The summed E-state index contributed by atoms with van der Waals surface area (Å²) in [4.78, 5) is 18.7. The molecular weight excluding hydrogens is 286 g/mol. The summed E-state index contributed by atoms with van der Waals surface area (Å²) in [6.45, 7) is 2.08. The number of nitro groups is 1. The molecule has 0 spiro atoms. The van der Waals surface area contributed by atoms with Crippen molar-refractivity contribution in [3.8, 4) is 0 Å². The smallest absolute Gasteiger partial charge is 0.399 e. The van der Waals surface area contributed by atoms with E-state index in [4.69, 9.17) is 9.25 Å². The molecule has 0 bridgehead atoms. The Labute approximate surface area is 128 Å². The van der Waals surface area contributed by atoms with Gasteiger partial charge in [0.2, 0.25) is 0 Å². The zero-order chi connectivity index (χ0) is 15.2. The lowest BCUT2D eigenvalue weighted by Gasteiger charge is -2.43. The molecular formula is C15H19N3O4. The molecule has 2 fully saturated rings. The fourth-order valence-corrected chi connectivity index (χ4v) is 4.09. The highest BCUT2D eigenvalue weighted by Gasteiger charge is 2.55. The van der Waals surface area contributed by atoms with Gasteiger partial charge in [-0.25, -0.2) is 0 Å². The van der Waals surface area contributed by atoms with Crippen molar-refractivity contribution in [3.63, 3.8) is 0 Å². The average molecular weight is 305 g/mol. The summed E-state index contributed by atoms with van der Waals surface area (Å²) < 4.78 is 5.36. The molecule has 1 aliphatic carbocycles. The standard InChI is InChI=1S/C15H19N3O4/c19-18(20)13-7-6-12(21-13)14-11-5-1-2-8-15(11,22-16-14)17-9-3-4-10-17/h6-7,11H,1-5,8-10H2. The van der Waals surface area contributed by atoms with E-state index in [0.717, 1.165) is 44.5 Å². The normalized spacial score (nSPS) is 31.6. The summed E-state index contributed by atoms with van der Waals surface area (Å²) >= 11 is 0. The first-order valence-electron chi connectivity index (χ1n) is 7.96. The van der Waals surface area contributed by atoms with Crippen molar-refractivity contribution in [2.75, 3.05) is 13.1 Å². The maximum absolute atomic E-state index is 10.8. The minimum atomic E-state index is -0.519. The maximum atomic E-state index is 10.8. The number of hydrogen-bond acceptors (Lipinski definition) is 6. The lowest BCUT2D eigenvalue weighted by atomic mass is 9.77. The molecule has 1 aromatic rings. The van der Waals surface area contributed by atoms with E-state index in [1.165, 1.54) is 18.9 Å². The van der Waals surface area contributed by atoms with Gasteiger partial charge in [0.1, 0.15) is 10.6 Å². The second kappa shape index (κ2) is 5.08. The van der Waals surface area contributed by atoms with E-state index in [1.54, 1.807) is 6.07 Å². The fraction of sp³-hybridized carbons (Fsp3) is 0.667. The van der Waals surface area contributed by atoms with Crippen molar-refractivity contribution in [2.24, 2.45) is 11.1 Å². The zero-order valence-electron chi connectivity index (χ0n) is 12.4. The fourth-order valence-electron chi connectivity index (χ4n) is 4.09. The third-order valence-electron chi connectivity index (χ3n) is 5.12. The quantitative estimate of drug-likeness (QED) is 0.633. The average Bonchev–Trinajstić information content (AvgIpc) is 3.25. The van der Waals surface area contributed by atoms with E-state index in [-0.39, 0.29) is 17.5 Å². The molecule has 1 aromatic heterocycles. The van der Waals surface area contributed by atoms with E-state index >= 15 is 0 Å².